The number of rotatable bonds is 6. The van der Waals surface area contributed by atoms with Gasteiger partial charge in [-0.2, -0.15) is 0 Å². The van der Waals surface area contributed by atoms with Gasteiger partial charge in [-0.25, -0.2) is 54.3 Å². The molecule has 0 radical (unpaired) electrons. The fourth-order valence-electron chi connectivity index (χ4n) is 12.8. The first kappa shape index (κ1) is 97.4. The van der Waals surface area contributed by atoms with Crippen molar-refractivity contribution in [2.75, 3.05) is 149 Å². The Morgan fingerprint density at radius 3 is 1.13 bits per heavy atom. The second kappa shape index (κ2) is 45.8. The Morgan fingerprint density at radius 2 is 0.807 bits per heavy atom. The molecule has 0 atom stereocenters. The molecular weight excluding hydrogens is 1750 g/mol. The Labute approximate surface area is 736 Å². The maximum atomic E-state index is 12.3. The van der Waals surface area contributed by atoms with Gasteiger partial charge in [0.15, 0.2) is 33.9 Å². The van der Waals surface area contributed by atoms with Crippen LogP contribution < -0.4 is 42.1 Å². The zero-order valence-electron chi connectivity index (χ0n) is 67.1. The van der Waals surface area contributed by atoms with Crippen molar-refractivity contribution < 1.29 is 70.5 Å². The Morgan fingerprint density at radius 1 is 0.504 bits per heavy atom. The molecule has 0 bridgehead atoms. The average Bonchev–Trinajstić information content (AvgIpc) is 1.09. The molecule has 0 saturated carbocycles. The van der Waals surface area contributed by atoms with Gasteiger partial charge in [-0.15, -0.1) is 12.4 Å². The number of aliphatic hydroxyl groups excluding tert-OH is 1. The number of nitrogens with zero attached hydrogens (tertiary/aromatic N) is 15. The number of pyridine rings is 4. The van der Waals surface area contributed by atoms with Crippen LogP contribution in [-0.2, 0) is 52.8 Å². The quantitative estimate of drug-likeness (QED) is 0.0339. The van der Waals surface area contributed by atoms with E-state index in [0.717, 1.165) is 112 Å². The van der Waals surface area contributed by atoms with Gasteiger partial charge in [-0.3, -0.25) is 9.59 Å². The molecule has 40 heteroatoms. The number of aromatic nitrogens is 8. The Kier molecular flexibility index (Phi) is 37.5. The number of ether oxygens (including phenoxy) is 4. The number of primary amides is 1. The van der Waals surface area contributed by atoms with E-state index in [9.17, 15) is 24.3 Å². The van der Waals surface area contributed by atoms with E-state index in [2.05, 4.69) is 50.8 Å². The van der Waals surface area contributed by atoms with Crippen LogP contribution in [0.25, 0.3) is 65.4 Å². The SMILES string of the molecule is C1CCOC1.CC(C)(C)OC(=O)N1CCN(c2nc3ccc(Cl)cc3c(C=O)c2N)CC1.CC(C)(C)OC(=O)N1CCN(c2nc3ccc(Cl)cc3c(CO)c2N)CC1.CC(C)(C)OC(=O)N1CCN(c2nc3ccc(Cl)cc3c3cncnc23)CC1.Cl.ClC(Cl)Cl.Clc1ccc2nc(N3CCNCC3)c3ncncc3c2c1.NC=O.[O]=[Mn]=[O]. The molecule has 8 N–H and O–H groups in total. The predicted molar refractivity (Wildman–Crippen MR) is 469 cm³/mol. The molecule has 4 aromatic carbocycles. The first-order valence-electron chi connectivity index (χ1n) is 37.5. The van der Waals surface area contributed by atoms with Crippen molar-refractivity contribution in [3.63, 3.8) is 0 Å². The van der Waals surface area contributed by atoms with E-state index in [1.807, 2.05) is 121 Å². The van der Waals surface area contributed by atoms with Gasteiger partial charge in [0.2, 0.25) is 6.41 Å². The third-order valence-corrected chi connectivity index (χ3v) is 19.0. The van der Waals surface area contributed by atoms with Crippen LogP contribution >= 0.6 is 93.6 Å². The van der Waals surface area contributed by atoms with Gasteiger partial charge < -0.3 is 80.9 Å². The number of aldehydes is 1. The normalized spacial score (nSPS) is 14.8. The van der Waals surface area contributed by atoms with Gasteiger partial charge in [-0.1, -0.05) is 81.2 Å². The fourth-order valence-corrected chi connectivity index (χ4v) is 13.5. The molecular formula is C79H97Cl8MnN19O12. The van der Waals surface area contributed by atoms with Crippen molar-refractivity contribution in [1.82, 2.24) is 59.9 Å². The van der Waals surface area contributed by atoms with Crippen molar-refractivity contribution in [3.8, 4) is 0 Å². The minimum absolute atomic E-state index is 0. The number of alkyl halides is 3. The third-order valence-electron chi connectivity index (χ3n) is 18.1. The van der Waals surface area contributed by atoms with Gasteiger partial charge in [0.1, 0.15) is 40.5 Å². The van der Waals surface area contributed by atoms with Crippen LogP contribution in [0.4, 0.5) is 49.0 Å². The number of nitrogens with one attached hydrogen (secondary N) is 1. The summed E-state index contributed by atoms with van der Waals surface area (Å²) in [4.78, 5) is 107. The van der Waals surface area contributed by atoms with Crippen LogP contribution in [0, 0.1) is 0 Å². The molecule has 0 unspecified atom stereocenters. The summed E-state index contributed by atoms with van der Waals surface area (Å²) in [5.74, 6) is 2.91. The number of aliphatic hydroxyl groups is 1. The van der Waals surface area contributed by atoms with E-state index in [1.165, 1.54) is 19.2 Å². The van der Waals surface area contributed by atoms with Crippen molar-refractivity contribution in [2.24, 2.45) is 5.73 Å². The van der Waals surface area contributed by atoms with Crippen molar-refractivity contribution in [3.05, 3.63) is 129 Å². The van der Waals surface area contributed by atoms with Crippen LogP contribution in [0.2, 0.25) is 20.1 Å². The predicted octanol–water partition coefficient (Wildman–Crippen LogP) is 14.6. The summed E-state index contributed by atoms with van der Waals surface area (Å²) in [6.45, 7) is 29.0. The molecule has 6 aromatic heterocycles. The van der Waals surface area contributed by atoms with Crippen LogP contribution in [0.5, 0.6) is 0 Å². The molecule has 5 aliphatic rings. The van der Waals surface area contributed by atoms with E-state index in [0.29, 0.717) is 144 Å². The summed E-state index contributed by atoms with van der Waals surface area (Å²) in [5, 5.41) is 20.8. The molecule has 5 saturated heterocycles. The summed E-state index contributed by atoms with van der Waals surface area (Å²) in [6, 6.07) is 21.9. The van der Waals surface area contributed by atoms with E-state index >= 15 is 0 Å². The topological polar surface area (TPSA) is 393 Å². The Balaban J connectivity index is 0.000000206. The van der Waals surface area contributed by atoms with E-state index in [1.54, 1.807) is 57.6 Å². The first-order chi connectivity index (χ1) is 56.1. The van der Waals surface area contributed by atoms with Crippen LogP contribution in [0.3, 0.4) is 0 Å². The van der Waals surface area contributed by atoms with Crippen molar-refractivity contribution >= 4 is 225 Å². The minimum atomic E-state index is -1.44. The number of piperazine rings is 4. The van der Waals surface area contributed by atoms with Crippen LogP contribution in [-0.4, -0.2) is 230 Å². The van der Waals surface area contributed by atoms with Crippen molar-refractivity contribution in [1.29, 1.82) is 0 Å². The molecule has 643 valence electrons. The summed E-state index contributed by atoms with van der Waals surface area (Å²) in [7, 11) is 0. The molecule has 15 rings (SSSR count). The molecule has 5 aliphatic heterocycles. The monoisotopic (exact) mass is 1840 g/mol. The van der Waals surface area contributed by atoms with Gasteiger partial charge >= 0.3 is 40.8 Å². The van der Waals surface area contributed by atoms with Gasteiger partial charge in [0, 0.05) is 188 Å². The second-order valence-corrected chi connectivity index (χ2v) is 33.7. The molecule has 10 aromatic rings. The number of hydrogen-bond donors (Lipinski definition) is 5. The summed E-state index contributed by atoms with van der Waals surface area (Å²) < 4.78 is 37.3. The number of nitrogen functional groups attached to an aromatic ring is 2. The number of nitrogens with two attached hydrogens (primary N) is 3. The number of hydrogen-bond acceptors (Lipinski definition) is 27. The zero-order chi connectivity index (χ0) is 86.2. The first-order valence-corrected chi connectivity index (χ1v) is 41.3. The van der Waals surface area contributed by atoms with Gasteiger partial charge in [-0.05, 0) is 148 Å². The average molecular weight is 1840 g/mol. The molecule has 0 aliphatic carbocycles. The van der Waals surface area contributed by atoms with E-state index in [4.69, 9.17) is 134 Å². The Hall–Kier alpha value is -8.73. The molecule has 119 heavy (non-hydrogen) atoms. The second-order valence-electron chi connectivity index (χ2n) is 29.8. The van der Waals surface area contributed by atoms with Crippen molar-refractivity contribution in [2.45, 2.75) is 103 Å². The fraction of sp³-hybridized carbons (Fsp3) is 0.430. The number of carbonyl (C=O) groups is 5. The molecule has 0 spiro atoms. The van der Waals surface area contributed by atoms with Crippen LogP contribution in [0.15, 0.2) is 97.8 Å². The van der Waals surface area contributed by atoms with Gasteiger partial charge in [0.05, 0.1) is 45.6 Å². The molecule has 4 amide bonds. The summed E-state index contributed by atoms with van der Waals surface area (Å²) in [6.07, 6.45) is 9.36. The Bertz CT molecular complexity index is 5140. The van der Waals surface area contributed by atoms with Gasteiger partial charge in [0.25, 0.3) is 0 Å². The maximum absolute atomic E-state index is 12.3. The van der Waals surface area contributed by atoms with Crippen LogP contribution in [0.1, 0.15) is 91.1 Å². The number of anilines is 6. The number of carbonyl (C=O) groups excluding carboxylic acids is 5. The molecule has 11 heterocycles. The molecule has 31 nitrogen and oxygen atoms in total. The van der Waals surface area contributed by atoms with E-state index < -0.39 is 35.9 Å². The number of halogens is 8. The number of benzene rings is 4. The molecule has 5 fully saturated rings. The standard InChI is InChI=1S/C20H22ClN5O2.C19H25ClN4O3.C19H23ClN4O3.C15H14ClN5.C4H8O.CHCl3.CH3NO.ClH.Mn.2O/c1-20(2,3)28-19(27)26-8-6-25(7-9-26)18-17-15(11-22-12-23-17)14-10-13(21)4-5-16(14)24-18;2*1-19(2,3)27-18(26)24-8-6-23(7-9-24)17-16(21)14(11-25)13-10-12(20)4-5-15(13)22-17;16-10-1-2-13-11(7-10)12-8-18-9-19-14(12)15(20-13)21-5-3-17-4-6-21;1-2-4-5-3-1;2-1(3)4;2-1-3;;;;/h4-5,10-12H,6-9H2,1-3H3;4-5,10,25H,6-9,11,21H2,1-3H3;4-5,10-11H,6-9,21H2,1-3H3;1-2,7-9,17H,3-6H2;1-4H2;1H;1H,(H2,2,3);1H;;;. The number of amides is 4. The third kappa shape index (κ3) is 28.2. The summed E-state index contributed by atoms with van der Waals surface area (Å²) in [5.41, 5.74) is 21.8. The number of fused-ring (bicyclic) bond motifs is 8. The zero-order valence-corrected chi connectivity index (χ0v) is 74.4. The van der Waals surface area contributed by atoms with E-state index in [-0.39, 0.29) is 43.7 Å². The summed E-state index contributed by atoms with van der Waals surface area (Å²) >= 11 is 37.4.